The minimum Gasteiger partial charge on any atom is -0.267 e. The summed E-state index contributed by atoms with van der Waals surface area (Å²) in [5.41, 5.74) is 7.55. The molecule has 0 radical (unpaired) electrons. The lowest BCUT2D eigenvalue weighted by molar-refractivity contribution is 0.0844. The zero-order valence-corrected chi connectivity index (χ0v) is 18.7. The van der Waals surface area contributed by atoms with E-state index < -0.39 is 17.4 Å². The number of nitrogens with one attached hydrogen (secondary N) is 3. The molecule has 0 saturated heterocycles. The lowest BCUT2D eigenvalue weighted by Gasteiger charge is -2.09. The molecule has 2 aromatic carbocycles. The first-order valence-corrected chi connectivity index (χ1v) is 11.0. The monoisotopic (exact) mass is 460 g/mol. The van der Waals surface area contributed by atoms with E-state index in [1.807, 2.05) is 32.0 Å². The van der Waals surface area contributed by atoms with Crippen LogP contribution in [0.3, 0.4) is 0 Å². The summed E-state index contributed by atoms with van der Waals surface area (Å²) >= 11 is 1.52. The van der Waals surface area contributed by atoms with Crippen LogP contribution in [0.15, 0.2) is 64.5 Å². The van der Waals surface area contributed by atoms with E-state index in [1.165, 1.54) is 11.8 Å². The van der Waals surface area contributed by atoms with Gasteiger partial charge in [-0.25, -0.2) is 15.1 Å². The molecule has 2 aromatic heterocycles. The van der Waals surface area contributed by atoms with E-state index in [-0.39, 0.29) is 5.69 Å². The number of H-pyrrole nitrogens is 1. The molecule has 0 aliphatic heterocycles. The van der Waals surface area contributed by atoms with E-state index in [0.29, 0.717) is 27.2 Å². The zero-order valence-electron chi connectivity index (χ0n) is 17.9. The van der Waals surface area contributed by atoms with Crippen LogP contribution < -0.4 is 16.4 Å². The Bertz CT molecular complexity index is 1380. The fourth-order valence-corrected chi connectivity index (χ4v) is 4.10. The van der Waals surface area contributed by atoms with Gasteiger partial charge in [0.1, 0.15) is 0 Å². The minimum atomic E-state index is -0.641. The molecule has 3 N–H and O–H groups in total. The number of aromatic amines is 1. The molecule has 0 aliphatic rings. The standard InChI is InChI=1S/C23H20N6O3S/c1-13-11-14(2)25-23(24-13)33-12-15-7-9-16(10-8-15)20(30)27-29-22(32)19-17-5-3-4-6-18(17)21(31)28-26-19/h3-11H,12H2,1-2H3,(H,27,30)(H,28,31)(H,29,32). The topological polar surface area (TPSA) is 130 Å². The molecule has 0 aliphatic carbocycles. The van der Waals surface area contributed by atoms with Crippen LogP contribution in [-0.2, 0) is 5.75 Å². The molecular formula is C23H20N6O3S. The van der Waals surface area contributed by atoms with E-state index in [4.69, 9.17) is 0 Å². The fraction of sp³-hybridized carbons (Fsp3) is 0.130. The molecule has 0 saturated carbocycles. The maximum Gasteiger partial charge on any atom is 0.290 e. The smallest absolute Gasteiger partial charge is 0.267 e. The number of hydrogen-bond donors (Lipinski definition) is 3. The van der Waals surface area contributed by atoms with E-state index in [1.54, 1.807) is 36.4 Å². The Morgan fingerprint density at radius 2 is 1.55 bits per heavy atom. The first kappa shape index (κ1) is 22.2. The van der Waals surface area contributed by atoms with Crippen molar-refractivity contribution < 1.29 is 9.59 Å². The first-order chi connectivity index (χ1) is 15.9. The molecule has 4 aromatic rings. The molecule has 4 rings (SSSR count). The zero-order chi connectivity index (χ0) is 23.4. The number of hydrazine groups is 1. The molecule has 2 amide bonds. The minimum absolute atomic E-state index is 0.00600. The van der Waals surface area contributed by atoms with Crippen molar-refractivity contribution in [1.82, 2.24) is 31.0 Å². The van der Waals surface area contributed by atoms with Gasteiger partial charge in [-0.3, -0.25) is 25.2 Å². The Morgan fingerprint density at radius 3 is 2.24 bits per heavy atom. The summed E-state index contributed by atoms with van der Waals surface area (Å²) in [4.78, 5) is 45.6. The van der Waals surface area contributed by atoms with Gasteiger partial charge in [-0.05, 0) is 43.7 Å². The van der Waals surface area contributed by atoms with E-state index in [0.717, 1.165) is 17.0 Å². The van der Waals surface area contributed by atoms with Gasteiger partial charge in [0.15, 0.2) is 10.9 Å². The Balaban J connectivity index is 1.37. The number of nitrogens with zero attached hydrogens (tertiary/aromatic N) is 3. The molecule has 0 unspecified atom stereocenters. The molecule has 0 bridgehead atoms. The Kier molecular flexibility index (Phi) is 6.45. The maximum absolute atomic E-state index is 12.5. The second-order valence-corrected chi connectivity index (χ2v) is 8.22. The molecule has 166 valence electrons. The van der Waals surface area contributed by atoms with Crippen LogP contribution >= 0.6 is 11.8 Å². The molecule has 2 heterocycles. The summed E-state index contributed by atoms with van der Waals surface area (Å²) in [7, 11) is 0. The van der Waals surface area contributed by atoms with E-state index >= 15 is 0 Å². The van der Waals surface area contributed by atoms with Crippen molar-refractivity contribution in [2.45, 2.75) is 24.8 Å². The Hall–Kier alpha value is -4.05. The number of amides is 2. The van der Waals surface area contributed by atoms with Crippen molar-refractivity contribution in [3.05, 3.63) is 93.2 Å². The average Bonchev–Trinajstić information content (AvgIpc) is 2.81. The summed E-state index contributed by atoms with van der Waals surface area (Å²) in [6.45, 7) is 3.86. The van der Waals surface area contributed by atoms with Crippen LogP contribution in [0.2, 0.25) is 0 Å². The van der Waals surface area contributed by atoms with Gasteiger partial charge in [-0.2, -0.15) is 5.10 Å². The number of hydrogen-bond acceptors (Lipinski definition) is 7. The number of aryl methyl sites for hydroxylation is 2. The van der Waals surface area contributed by atoms with Gasteiger partial charge in [-0.15, -0.1) is 0 Å². The van der Waals surface area contributed by atoms with Gasteiger partial charge in [0.2, 0.25) is 0 Å². The lowest BCUT2D eigenvalue weighted by atomic mass is 10.1. The van der Waals surface area contributed by atoms with Crippen molar-refractivity contribution in [3.8, 4) is 0 Å². The summed E-state index contributed by atoms with van der Waals surface area (Å²) in [5.74, 6) is -0.460. The van der Waals surface area contributed by atoms with Crippen molar-refractivity contribution in [2.75, 3.05) is 0 Å². The van der Waals surface area contributed by atoms with Gasteiger partial charge in [-0.1, -0.05) is 42.1 Å². The quantitative estimate of drug-likeness (QED) is 0.237. The normalized spacial score (nSPS) is 10.7. The fourth-order valence-electron chi connectivity index (χ4n) is 3.19. The molecule has 0 fully saturated rings. The third kappa shape index (κ3) is 5.24. The highest BCUT2D eigenvalue weighted by Gasteiger charge is 2.15. The molecular weight excluding hydrogens is 440 g/mol. The Labute approximate surface area is 193 Å². The number of benzene rings is 2. The van der Waals surface area contributed by atoms with Crippen LogP contribution in [-0.4, -0.2) is 32.0 Å². The number of fused-ring (bicyclic) bond motifs is 1. The largest absolute Gasteiger partial charge is 0.290 e. The summed E-state index contributed by atoms with van der Waals surface area (Å²) in [5, 5.41) is 7.54. The number of aromatic nitrogens is 4. The van der Waals surface area contributed by atoms with Gasteiger partial charge in [0.05, 0.1) is 5.39 Å². The highest BCUT2D eigenvalue weighted by atomic mass is 32.2. The van der Waals surface area contributed by atoms with E-state index in [9.17, 15) is 14.4 Å². The number of carbonyl (C=O) groups is 2. The van der Waals surface area contributed by atoms with Gasteiger partial charge < -0.3 is 0 Å². The van der Waals surface area contributed by atoms with Gasteiger partial charge >= 0.3 is 0 Å². The number of thioether (sulfide) groups is 1. The third-order valence-corrected chi connectivity index (χ3v) is 5.66. The predicted molar refractivity (Wildman–Crippen MR) is 125 cm³/mol. The van der Waals surface area contributed by atoms with Crippen molar-refractivity contribution in [1.29, 1.82) is 0 Å². The summed E-state index contributed by atoms with van der Waals surface area (Å²) in [6, 6.07) is 15.5. The van der Waals surface area contributed by atoms with Crippen LogP contribution in [0.5, 0.6) is 0 Å². The molecule has 33 heavy (non-hydrogen) atoms. The van der Waals surface area contributed by atoms with Crippen LogP contribution in [0, 0.1) is 13.8 Å². The summed E-state index contributed by atoms with van der Waals surface area (Å²) in [6.07, 6.45) is 0. The van der Waals surface area contributed by atoms with Crippen molar-refractivity contribution in [2.24, 2.45) is 0 Å². The predicted octanol–water partition coefficient (Wildman–Crippen LogP) is 2.70. The van der Waals surface area contributed by atoms with E-state index in [2.05, 4.69) is 31.0 Å². The SMILES string of the molecule is Cc1cc(C)nc(SCc2ccc(C(=O)NNC(=O)c3n[nH]c(=O)c4ccccc34)cc2)n1. The number of rotatable bonds is 5. The first-order valence-electron chi connectivity index (χ1n) is 10.0. The molecule has 0 atom stereocenters. The van der Waals surface area contributed by atoms with Crippen LogP contribution in [0.4, 0.5) is 0 Å². The second kappa shape index (κ2) is 9.61. The second-order valence-electron chi connectivity index (χ2n) is 7.27. The average molecular weight is 461 g/mol. The maximum atomic E-state index is 12.5. The lowest BCUT2D eigenvalue weighted by Crippen LogP contribution is -2.42. The van der Waals surface area contributed by atoms with Crippen molar-refractivity contribution >= 4 is 34.3 Å². The van der Waals surface area contributed by atoms with Gasteiger partial charge in [0.25, 0.3) is 17.4 Å². The number of carbonyl (C=O) groups excluding carboxylic acids is 2. The Morgan fingerprint density at radius 1 is 0.909 bits per heavy atom. The van der Waals surface area contributed by atoms with Crippen LogP contribution in [0.1, 0.15) is 37.8 Å². The highest BCUT2D eigenvalue weighted by Crippen LogP contribution is 2.20. The third-order valence-electron chi connectivity index (χ3n) is 4.75. The molecule has 0 spiro atoms. The van der Waals surface area contributed by atoms with Crippen LogP contribution in [0.25, 0.3) is 10.8 Å². The summed E-state index contributed by atoms with van der Waals surface area (Å²) < 4.78 is 0. The highest BCUT2D eigenvalue weighted by molar-refractivity contribution is 7.98. The molecule has 10 heteroatoms. The van der Waals surface area contributed by atoms with Crippen molar-refractivity contribution in [3.63, 3.8) is 0 Å². The molecule has 9 nitrogen and oxygen atoms in total. The van der Waals surface area contributed by atoms with Gasteiger partial charge in [0, 0.05) is 28.1 Å².